The first-order valence-corrected chi connectivity index (χ1v) is 6.50. The predicted octanol–water partition coefficient (Wildman–Crippen LogP) is 1.95. The van der Waals surface area contributed by atoms with Crippen LogP contribution in [0.4, 0.5) is 5.69 Å². The third kappa shape index (κ3) is 1.91. The van der Waals surface area contributed by atoms with Crippen molar-refractivity contribution in [3.05, 3.63) is 29.8 Å². The van der Waals surface area contributed by atoms with Gasteiger partial charge in [0.2, 0.25) is 0 Å². The van der Waals surface area contributed by atoms with Crippen LogP contribution < -0.4 is 10.4 Å². The Bertz CT molecular complexity index is 467. The van der Waals surface area contributed by atoms with Gasteiger partial charge in [-0.15, -0.1) is 0 Å². The van der Waals surface area contributed by atoms with Gasteiger partial charge in [-0.25, -0.2) is 0 Å². The molecule has 2 saturated heterocycles. The summed E-state index contributed by atoms with van der Waals surface area (Å²) in [5.41, 5.74) is 2.09. The van der Waals surface area contributed by atoms with E-state index < -0.39 is 0 Å². The minimum absolute atomic E-state index is 0.0266. The molecular weight excluding hydrogens is 228 g/mol. The molecule has 18 heavy (non-hydrogen) atoms. The van der Waals surface area contributed by atoms with Crippen molar-refractivity contribution in [2.75, 3.05) is 18.2 Å². The molecule has 1 atom stereocenters. The van der Waals surface area contributed by atoms with Crippen molar-refractivity contribution in [2.45, 2.75) is 31.7 Å². The van der Waals surface area contributed by atoms with Crippen LogP contribution in [-0.4, -0.2) is 19.1 Å². The highest BCUT2D eigenvalue weighted by Crippen LogP contribution is 2.33. The predicted molar refractivity (Wildman–Crippen MR) is 69.1 cm³/mol. The number of hydrogen-bond donors (Lipinski definition) is 1. The van der Waals surface area contributed by atoms with Gasteiger partial charge in [-0.05, 0) is 44.0 Å². The molecule has 2 aliphatic heterocycles. The average Bonchev–Trinajstić information content (AvgIpc) is 2.99. The summed E-state index contributed by atoms with van der Waals surface area (Å²) in [6.07, 6.45) is 2.80. The Labute approximate surface area is 107 Å². The zero-order valence-electron chi connectivity index (χ0n) is 10.6. The lowest BCUT2D eigenvalue weighted by atomic mass is 9.90. The van der Waals surface area contributed by atoms with Crippen molar-refractivity contribution in [3.63, 3.8) is 0 Å². The molecule has 0 aliphatic carbocycles. The van der Waals surface area contributed by atoms with Crippen molar-refractivity contribution >= 4 is 11.6 Å². The lowest BCUT2D eigenvalue weighted by Crippen LogP contribution is -2.33. The normalized spacial score (nSPS) is 28.1. The number of carbonyl (C=O) groups is 1. The Morgan fingerprint density at radius 2 is 2.33 bits per heavy atom. The molecule has 0 bridgehead atoms. The Morgan fingerprint density at radius 1 is 1.44 bits per heavy atom. The monoisotopic (exact) mass is 246 g/mol. The molecular formula is C14H18N2O2. The number of rotatable bonds is 2. The van der Waals surface area contributed by atoms with Gasteiger partial charge in [0.1, 0.15) is 0 Å². The van der Waals surface area contributed by atoms with Crippen LogP contribution >= 0.6 is 0 Å². The number of benzene rings is 1. The second-order valence-corrected chi connectivity index (χ2v) is 5.18. The molecule has 0 spiro atoms. The molecule has 0 radical (unpaired) electrons. The van der Waals surface area contributed by atoms with Crippen molar-refractivity contribution in [1.82, 2.24) is 5.32 Å². The summed E-state index contributed by atoms with van der Waals surface area (Å²) >= 11 is 0. The maximum absolute atomic E-state index is 11.7. The molecule has 2 aliphatic rings. The van der Waals surface area contributed by atoms with Gasteiger partial charge in [0.15, 0.2) is 0 Å². The molecule has 1 aromatic carbocycles. The fraction of sp³-hybridized carbons (Fsp3) is 0.500. The Balaban J connectivity index is 1.91. The van der Waals surface area contributed by atoms with E-state index in [1.807, 2.05) is 12.1 Å². The van der Waals surface area contributed by atoms with Crippen LogP contribution in [-0.2, 0) is 15.2 Å². The third-order valence-corrected chi connectivity index (χ3v) is 3.85. The van der Waals surface area contributed by atoms with E-state index in [0.29, 0.717) is 13.0 Å². The molecule has 1 unspecified atom stereocenters. The fourth-order valence-corrected chi connectivity index (χ4v) is 2.73. The molecule has 2 heterocycles. The Kier molecular flexibility index (Phi) is 2.84. The van der Waals surface area contributed by atoms with Crippen molar-refractivity contribution in [1.29, 1.82) is 0 Å². The van der Waals surface area contributed by atoms with Gasteiger partial charge >= 0.3 is 0 Å². The summed E-state index contributed by atoms with van der Waals surface area (Å²) < 4.78 is 0. The molecule has 2 fully saturated rings. The van der Waals surface area contributed by atoms with E-state index in [-0.39, 0.29) is 11.4 Å². The van der Waals surface area contributed by atoms with Crippen LogP contribution in [0.15, 0.2) is 24.3 Å². The maximum atomic E-state index is 11.7. The lowest BCUT2D eigenvalue weighted by molar-refractivity contribution is -0.119. The molecule has 4 heteroatoms. The van der Waals surface area contributed by atoms with Crippen LogP contribution in [0.2, 0.25) is 0 Å². The van der Waals surface area contributed by atoms with Crippen LogP contribution in [0.1, 0.15) is 31.7 Å². The SMILES string of the molecule is CC1(c2cccc(N3OCCC3=O)c2)CCCN1. The maximum Gasteiger partial charge on any atom is 0.253 e. The minimum Gasteiger partial charge on any atom is -0.308 e. The number of hydrogen-bond acceptors (Lipinski definition) is 3. The van der Waals surface area contributed by atoms with Crippen molar-refractivity contribution < 1.29 is 9.63 Å². The van der Waals surface area contributed by atoms with Crippen LogP contribution in [0.5, 0.6) is 0 Å². The Morgan fingerprint density at radius 3 is 3.00 bits per heavy atom. The fourth-order valence-electron chi connectivity index (χ4n) is 2.73. The molecule has 0 saturated carbocycles. The molecule has 0 aromatic heterocycles. The van der Waals surface area contributed by atoms with Gasteiger partial charge in [-0.1, -0.05) is 12.1 Å². The van der Waals surface area contributed by atoms with E-state index in [4.69, 9.17) is 4.84 Å². The van der Waals surface area contributed by atoms with E-state index in [1.165, 1.54) is 17.0 Å². The van der Waals surface area contributed by atoms with Crippen LogP contribution in [0.25, 0.3) is 0 Å². The molecule has 1 amide bonds. The highest BCUT2D eigenvalue weighted by Gasteiger charge is 2.31. The van der Waals surface area contributed by atoms with Gasteiger partial charge in [0.25, 0.3) is 5.91 Å². The van der Waals surface area contributed by atoms with Crippen molar-refractivity contribution in [3.8, 4) is 0 Å². The van der Waals surface area contributed by atoms with Crippen LogP contribution in [0.3, 0.4) is 0 Å². The first-order valence-electron chi connectivity index (χ1n) is 6.50. The van der Waals surface area contributed by atoms with Gasteiger partial charge < -0.3 is 5.32 Å². The topological polar surface area (TPSA) is 41.6 Å². The zero-order valence-corrected chi connectivity index (χ0v) is 10.6. The van der Waals surface area contributed by atoms with Crippen LogP contribution in [0, 0.1) is 0 Å². The summed E-state index contributed by atoms with van der Waals surface area (Å²) in [7, 11) is 0. The molecule has 3 rings (SSSR count). The van der Waals surface area contributed by atoms with Gasteiger partial charge in [0.05, 0.1) is 18.7 Å². The second kappa shape index (κ2) is 4.37. The number of nitrogens with one attached hydrogen (secondary N) is 1. The van der Waals surface area contributed by atoms with E-state index >= 15 is 0 Å². The number of nitrogens with zero attached hydrogens (tertiary/aromatic N) is 1. The largest absolute Gasteiger partial charge is 0.308 e. The summed E-state index contributed by atoms with van der Waals surface area (Å²) in [5.74, 6) is 0.0386. The molecule has 96 valence electrons. The van der Waals surface area contributed by atoms with E-state index in [1.54, 1.807) is 0 Å². The quantitative estimate of drug-likeness (QED) is 0.867. The molecule has 1 aromatic rings. The second-order valence-electron chi connectivity index (χ2n) is 5.18. The zero-order chi connectivity index (χ0) is 12.6. The highest BCUT2D eigenvalue weighted by molar-refractivity contribution is 5.92. The molecule has 1 N–H and O–H groups in total. The first kappa shape index (κ1) is 11.7. The standard InChI is InChI=1S/C14H18N2O2/c1-14(7-3-8-15-14)11-4-2-5-12(10-11)16-13(17)6-9-18-16/h2,4-5,10,15H,3,6-9H2,1H3. The summed E-state index contributed by atoms with van der Waals surface area (Å²) in [4.78, 5) is 17.0. The lowest BCUT2D eigenvalue weighted by Gasteiger charge is -2.26. The average molecular weight is 246 g/mol. The number of hydroxylamine groups is 1. The minimum atomic E-state index is 0.0266. The van der Waals surface area contributed by atoms with Gasteiger partial charge in [-0.2, -0.15) is 5.06 Å². The summed E-state index contributed by atoms with van der Waals surface area (Å²) in [6.45, 7) is 3.75. The summed E-state index contributed by atoms with van der Waals surface area (Å²) in [6, 6.07) is 8.08. The van der Waals surface area contributed by atoms with E-state index in [9.17, 15) is 4.79 Å². The van der Waals surface area contributed by atoms with Gasteiger partial charge in [0, 0.05) is 5.54 Å². The van der Waals surface area contributed by atoms with E-state index in [0.717, 1.165) is 18.7 Å². The smallest absolute Gasteiger partial charge is 0.253 e. The van der Waals surface area contributed by atoms with Gasteiger partial charge in [-0.3, -0.25) is 9.63 Å². The van der Waals surface area contributed by atoms with Crippen molar-refractivity contribution in [2.24, 2.45) is 0 Å². The first-order chi connectivity index (χ1) is 8.69. The number of carbonyl (C=O) groups excluding carboxylic acids is 1. The number of anilines is 1. The van der Waals surface area contributed by atoms with E-state index in [2.05, 4.69) is 24.4 Å². The Hall–Kier alpha value is -1.39. The molecule has 4 nitrogen and oxygen atoms in total. The number of amides is 1. The summed E-state index contributed by atoms with van der Waals surface area (Å²) in [5, 5.41) is 4.95. The highest BCUT2D eigenvalue weighted by atomic mass is 16.7. The third-order valence-electron chi connectivity index (χ3n) is 3.85.